The SMILES string of the molecule is O=C1CCC2(C(=O)N3CCCN(Cc4ccccc4)CC3)Sc3ccccc3N12. The van der Waals surface area contributed by atoms with Crippen LogP contribution in [0.4, 0.5) is 5.69 Å². The second-order valence-corrected chi connectivity index (χ2v) is 9.31. The fraction of sp³-hybridized carbons (Fsp3) is 0.391. The molecule has 1 atom stereocenters. The highest BCUT2D eigenvalue weighted by molar-refractivity contribution is 8.02. The molecule has 29 heavy (non-hydrogen) atoms. The van der Waals surface area contributed by atoms with Gasteiger partial charge in [0.1, 0.15) is 0 Å². The topological polar surface area (TPSA) is 43.9 Å². The molecule has 6 heteroatoms. The van der Waals surface area contributed by atoms with E-state index in [4.69, 9.17) is 0 Å². The molecule has 0 aromatic heterocycles. The van der Waals surface area contributed by atoms with Gasteiger partial charge in [0.15, 0.2) is 4.87 Å². The number of rotatable bonds is 3. The molecular weight excluding hydrogens is 382 g/mol. The van der Waals surface area contributed by atoms with Crippen LogP contribution < -0.4 is 4.90 Å². The van der Waals surface area contributed by atoms with Gasteiger partial charge in [-0.15, -0.1) is 0 Å². The number of amides is 2. The first-order valence-electron chi connectivity index (χ1n) is 10.3. The lowest BCUT2D eigenvalue weighted by Crippen LogP contribution is -2.54. The van der Waals surface area contributed by atoms with Crippen LogP contribution in [0, 0.1) is 0 Å². The molecule has 0 bridgehead atoms. The average Bonchev–Trinajstić information content (AvgIpc) is 3.15. The number of hydrogen-bond donors (Lipinski definition) is 0. The van der Waals surface area contributed by atoms with Crippen molar-refractivity contribution in [3.8, 4) is 0 Å². The second-order valence-electron chi connectivity index (χ2n) is 7.99. The van der Waals surface area contributed by atoms with E-state index in [1.165, 1.54) is 5.56 Å². The van der Waals surface area contributed by atoms with E-state index < -0.39 is 4.87 Å². The summed E-state index contributed by atoms with van der Waals surface area (Å²) in [5.74, 6) is 0.169. The summed E-state index contributed by atoms with van der Waals surface area (Å²) >= 11 is 1.57. The van der Waals surface area contributed by atoms with E-state index in [2.05, 4.69) is 29.2 Å². The summed E-state index contributed by atoms with van der Waals surface area (Å²) in [6, 6.07) is 18.4. The van der Waals surface area contributed by atoms with Crippen LogP contribution in [0.2, 0.25) is 0 Å². The van der Waals surface area contributed by atoms with Gasteiger partial charge in [0, 0.05) is 44.0 Å². The van der Waals surface area contributed by atoms with Crippen molar-refractivity contribution in [1.82, 2.24) is 9.80 Å². The summed E-state index contributed by atoms with van der Waals surface area (Å²) in [5, 5.41) is 0. The number of thioether (sulfide) groups is 1. The van der Waals surface area contributed by atoms with E-state index in [0.29, 0.717) is 19.4 Å². The Morgan fingerprint density at radius 2 is 1.76 bits per heavy atom. The molecule has 1 unspecified atom stereocenters. The predicted octanol–water partition coefficient (Wildman–Crippen LogP) is 3.35. The first-order chi connectivity index (χ1) is 14.2. The quantitative estimate of drug-likeness (QED) is 0.783. The van der Waals surface area contributed by atoms with E-state index in [9.17, 15) is 9.59 Å². The molecule has 5 nitrogen and oxygen atoms in total. The van der Waals surface area contributed by atoms with Crippen LogP contribution in [-0.4, -0.2) is 52.7 Å². The number of hydrogen-bond acceptors (Lipinski definition) is 4. The Morgan fingerprint density at radius 3 is 2.62 bits per heavy atom. The molecule has 3 aliphatic rings. The Morgan fingerprint density at radius 1 is 0.966 bits per heavy atom. The lowest BCUT2D eigenvalue weighted by molar-refractivity contribution is -0.134. The molecule has 3 aliphatic heterocycles. The average molecular weight is 408 g/mol. The zero-order chi connectivity index (χ0) is 19.8. The molecule has 2 aromatic rings. The molecule has 0 saturated carbocycles. The normalized spacial score (nSPS) is 24.3. The van der Waals surface area contributed by atoms with Crippen LogP contribution in [0.1, 0.15) is 24.8 Å². The maximum absolute atomic E-state index is 13.7. The van der Waals surface area contributed by atoms with Crippen LogP contribution in [0.15, 0.2) is 59.5 Å². The monoisotopic (exact) mass is 407 g/mol. The fourth-order valence-corrected chi connectivity index (χ4v) is 6.19. The Hall–Kier alpha value is -2.31. The standard InChI is InChI=1S/C23H25N3O2S/c27-21-11-12-23(26(21)19-9-4-5-10-20(19)29-23)22(28)25-14-6-13-24(15-16-25)17-18-7-2-1-3-8-18/h1-5,7-10H,6,11-17H2. The molecule has 150 valence electrons. The minimum atomic E-state index is -0.782. The third kappa shape index (κ3) is 3.24. The molecule has 0 N–H and O–H groups in total. The molecule has 2 aromatic carbocycles. The molecule has 0 aliphatic carbocycles. The van der Waals surface area contributed by atoms with E-state index in [1.54, 1.807) is 16.7 Å². The highest BCUT2D eigenvalue weighted by Gasteiger charge is 2.58. The fourth-order valence-electron chi connectivity index (χ4n) is 4.70. The minimum Gasteiger partial charge on any atom is -0.339 e. The Labute approximate surface area is 175 Å². The highest BCUT2D eigenvalue weighted by atomic mass is 32.2. The molecule has 0 radical (unpaired) electrons. The Balaban J connectivity index is 1.33. The summed E-state index contributed by atoms with van der Waals surface area (Å²) in [6.07, 6.45) is 2.00. The number of carbonyl (C=O) groups excluding carboxylic acids is 2. The third-order valence-electron chi connectivity index (χ3n) is 6.13. The van der Waals surface area contributed by atoms with Crippen molar-refractivity contribution < 1.29 is 9.59 Å². The maximum Gasteiger partial charge on any atom is 0.259 e. The zero-order valence-electron chi connectivity index (χ0n) is 16.4. The van der Waals surface area contributed by atoms with Gasteiger partial charge in [-0.3, -0.25) is 19.4 Å². The van der Waals surface area contributed by atoms with E-state index >= 15 is 0 Å². The highest BCUT2D eigenvalue weighted by Crippen LogP contribution is 2.56. The number of nitrogens with zero attached hydrogens (tertiary/aromatic N) is 3. The molecule has 2 amide bonds. The van der Waals surface area contributed by atoms with Crippen LogP contribution >= 0.6 is 11.8 Å². The summed E-state index contributed by atoms with van der Waals surface area (Å²) in [4.78, 5) is 32.9. The van der Waals surface area contributed by atoms with Gasteiger partial charge in [-0.05, 0) is 30.5 Å². The van der Waals surface area contributed by atoms with Crippen LogP contribution in [0.25, 0.3) is 0 Å². The van der Waals surface area contributed by atoms with Gasteiger partial charge in [0.25, 0.3) is 5.91 Å². The van der Waals surface area contributed by atoms with E-state index in [-0.39, 0.29) is 11.8 Å². The molecule has 5 rings (SSSR count). The zero-order valence-corrected chi connectivity index (χ0v) is 17.2. The van der Waals surface area contributed by atoms with Gasteiger partial charge in [-0.25, -0.2) is 0 Å². The van der Waals surface area contributed by atoms with Crippen molar-refractivity contribution in [2.24, 2.45) is 0 Å². The smallest absolute Gasteiger partial charge is 0.259 e. The largest absolute Gasteiger partial charge is 0.339 e. The predicted molar refractivity (Wildman–Crippen MR) is 115 cm³/mol. The van der Waals surface area contributed by atoms with Crippen molar-refractivity contribution >= 4 is 29.3 Å². The first kappa shape index (κ1) is 18.7. The number of carbonyl (C=O) groups is 2. The van der Waals surface area contributed by atoms with Crippen LogP contribution in [-0.2, 0) is 16.1 Å². The summed E-state index contributed by atoms with van der Waals surface area (Å²) in [5.41, 5.74) is 2.20. The minimum absolute atomic E-state index is 0.0660. The van der Waals surface area contributed by atoms with Gasteiger partial charge in [-0.1, -0.05) is 54.2 Å². The number of anilines is 1. The lowest BCUT2D eigenvalue weighted by Gasteiger charge is -2.35. The van der Waals surface area contributed by atoms with E-state index in [0.717, 1.165) is 43.2 Å². The molecule has 2 saturated heterocycles. The summed E-state index contributed by atoms with van der Waals surface area (Å²) < 4.78 is 0. The van der Waals surface area contributed by atoms with Gasteiger partial charge in [-0.2, -0.15) is 0 Å². The lowest BCUT2D eigenvalue weighted by atomic mass is 10.1. The van der Waals surface area contributed by atoms with E-state index in [1.807, 2.05) is 35.2 Å². The van der Waals surface area contributed by atoms with Crippen molar-refractivity contribution in [2.75, 3.05) is 31.1 Å². The van der Waals surface area contributed by atoms with Crippen molar-refractivity contribution in [2.45, 2.75) is 35.6 Å². The second kappa shape index (κ2) is 7.50. The first-order valence-corrected chi connectivity index (χ1v) is 11.2. The molecule has 0 spiro atoms. The van der Waals surface area contributed by atoms with Gasteiger partial charge < -0.3 is 4.90 Å². The Kier molecular flexibility index (Phi) is 4.84. The van der Waals surface area contributed by atoms with Crippen molar-refractivity contribution in [1.29, 1.82) is 0 Å². The Bertz CT molecular complexity index is 935. The van der Waals surface area contributed by atoms with Crippen LogP contribution in [0.3, 0.4) is 0 Å². The van der Waals surface area contributed by atoms with Crippen molar-refractivity contribution in [3.05, 3.63) is 60.2 Å². The number of benzene rings is 2. The number of fused-ring (bicyclic) bond motifs is 3. The van der Waals surface area contributed by atoms with Crippen LogP contribution in [0.5, 0.6) is 0 Å². The van der Waals surface area contributed by atoms with Gasteiger partial charge in [0.2, 0.25) is 5.91 Å². The summed E-state index contributed by atoms with van der Waals surface area (Å²) in [7, 11) is 0. The molecule has 2 fully saturated rings. The van der Waals surface area contributed by atoms with Crippen molar-refractivity contribution in [3.63, 3.8) is 0 Å². The third-order valence-corrected chi connectivity index (χ3v) is 7.60. The maximum atomic E-state index is 13.7. The molecule has 3 heterocycles. The summed E-state index contributed by atoms with van der Waals surface area (Å²) in [6.45, 7) is 4.24. The van der Waals surface area contributed by atoms with Gasteiger partial charge >= 0.3 is 0 Å². The van der Waals surface area contributed by atoms with Gasteiger partial charge in [0.05, 0.1) is 5.69 Å². The number of para-hydroxylation sites is 1. The molecular formula is C23H25N3O2S.